The highest BCUT2D eigenvalue weighted by molar-refractivity contribution is 6.30. The number of hydrogen-bond donors (Lipinski definition) is 0. The van der Waals surface area contributed by atoms with Crippen LogP contribution in [0.3, 0.4) is 0 Å². The van der Waals surface area contributed by atoms with Gasteiger partial charge in [0.2, 0.25) is 0 Å². The second-order valence-corrected chi connectivity index (χ2v) is 7.10. The monoisotopic (exact) mass is 356 g/mol. The number of pyridine rings is 1. The normalized spacial score (nSPS) is 17.6. The highest BCUT2D eigenvalue weighted by Gasteiger charge is 2.30. The van der Waals surface area contributed by atoms with Gasteiger partial charge in [0.05, 0.1) is 11.6 Å². The first-order valence-electron chi connectivity index (χ1n) is 8.54. The molecule has 0 unspecified atom stereocenters. The lowest BCUT2D eigenvalue weighted by Gasteiger charge is -2.18. The lowest BCUT2D eigenvalue weighted by molar-refractivity contribution is 0.0753. The standard InChI is InChI=1S/C17H17ClN6O/c18-12-3-4-14-19-13(10-23(14)9-12)17(25)22-6-5-15-20-16(11-1-2-11)21-24(15)8-7-22/h3-4,9-11H,1-2,5-8H2. The Hall–Kier alpha value is -2.41. The summed E-state index contributed by atoms with van der Waals surface area (Å²) in [7, 11) is 0. The largest absolute Gasteiger partial charge is 0.335 e. The Labute approximate surface area is 149 Å². The van der Waals surface area contributed by atoms with Crippen LogP contribution in [0.1, 0.15) is 40.9 Å². The zero-order valence-corrected chi connectivity index (χ0v) is 14.4. The van der Waals surface area contributed by atoms with Gasteiger partial charge in [-0.2, -0.15) is 5.10 Å². The summed E-state index contributed by atoms with van der Waals surface area (Å²) in [5, 5.41) is 5.23. The summed E-state index contributed by atoms with van der Waals surface area (Å²) in [5.74, 6) is 2.46. The molecule has 1 fully saturated rings. The van der Waals surface area contributed by atoms with Gasteiger partial charge in [0.25, 0.3) is 5.91 Å². The molecule has 1 aliphatic carbocycles. The van der Waals surface area contributed by atoms with Crippen LogP contribution in [0.4, 0.5) is 0 Å². The average Bonchev–Trinajstić information content (AvgIpc) is 3.30. The molecule has 128 valence electrons. The molecule has 0 saturated heterocycles. The molecule has 1 aliphatic heterocycles. The highest BCUT2D eigenvalue weighted by Crippen LogP contribution is 2.38. The van der Waals surface area contributed by atoms with Crippen LogP contribution in [0, 0.1) is 0 Å². The zero-order valence-electron chi connectivity index (χ0n) is 13.6. The summed E-state index contributed by atoms with van der Waals surface area (Å²) in [5.41, 5.74) is 1.15. The van der Waals surface area contributed by atoms with Crippen molar-refractivity contribution in [3.8, 4) is 0 Å². The van der Waals surface area contributed by atoms with Gasteiger partial charge >= 0.3 is 0 Å². The number of halogens is 1. The summed E-state index contributed by atoms with van der Waals surface area (Å²) in [6.07, 6.45) is 6.61. The van der Waals surface area contributed by atoms with E-state index in [-0.39, 0.29) is 5.91 Å². The maximum atomic E-state index is 12.8. The first-order valence-corrected chi connectivity index (χ1v) is 8.92. The van der Waals surface area contributed by atoms with E-state index in [0.29, 0.717) is 41.9 Å². The molecule has 5 rings (SSSR count). The number of rotatable bonds is 2. The third kappa shape index (κ3) is 2.68. The van der Waals surface area contributed by atoms with E-state index in [1.807, 2.05) is 9.58 Å². The fraction of sp³-hybridized carbons (Fsp3) is 0.412. The Morgan fingerprint density at radius 3 is 2.84 bits per heavy atom. The van der Waals surface area contributed by atoms with Crippen molar-refractivity contribution in [2.24, 2.45) is 0 Å². The molecule has 7 nitrogen and oxygen atoms in total. The second-order valence-electron chi connectivity index (χ2n) is 6.66. The van der Waals surface area contributed by atoms with Gasteiger partial charge in [0, 0.05) is 37.8 Å². The minimum absolute atomic E-state index is 0.0620. The van der Waals surface area contributed by atoms with E-state index in [9.17, 15) is 4.79 Å². The van der Waals surface area contributed by atoms with Gasteiger partial charge < -0.3 is 9.30 Å². The zero-order chi connectivity index (χ0) is 17.0. The fourth-order valence-corrected chi connectivity index (χ4v) is 3.44. The first kappa shape index (κ1) is 14.9. The van der Waals surface area contributed by atoms with E-state index < -0.39 is 0 Å². The Balaban J connectivity index is 1.35. The van der Waals surface area contributed by atoms with Crippen LogP contribution in [0.25, 0.3) is 5.65 Å². The molecule has 2 aliphatic rings. The lowest BCUT2D eigenvalue weighted by atomic mass is 10.3. The maximum Gasteiger partial charge on any atom is 0.274 e. The average molecular weight is 357 g/mol. The number of hydrogen-bond acceptors (Lipinski definition) is 4. The van der Waals surface area contributed by atoms with E-state index >= 15 is 0 Å². The van der Waals surface area contributed by atoms with E-state index in [0.717, 1.165) is 18.1 Å². The molecule has 4 heterocycles. The summed E-state index contributed by atoms with van der Waals surface area (Å²) < 4.78 is 3.74. The molecule has 1 saturated carbocycles. The summed E-state index contributed by atoms with van der Waals surface area (Å²) in [6, 6.07) is 3.58. The summed E-state index contributed by atoms with van der Waals surface area (Å²) in [4.78, 5) is 23.7. The number of amides is 1. The molecule has 8 heteroatoms. The smallest absolute Gasteiger partial charge is 0.274 e. The van der Waals surface area contributed by atoms with Crippen molar-refractivity contribution in [1.82, 2.24) is 29.0 Å². The molecule has 25 heavy (non-hydrogen) atoms. The Kier molecular flexibility index (Phi) is 3.31. The number of carbonyl (C=O) groups is 1. The Bertz CT molecular complexity index is 947. The van der Waals surface area contributed by atoms with Crippen LogP contribution in [-0.4, -0.2) is 48.0 Å². The van der Waals surface area contributed by atoms with Gasteiger partial charge in [0.15, 0.2) is 5.82 Å². The number of carbonyl (C=O) groups excluding carboxylic acids is 1. The van der Waals surface area contributed by atoms with Gasteiger partial charge in [-0.1, -0.05) is 11.6 Å². The van der Waals surface area contributed by atoms with Crippen molar-refractivity contribution >= 4 is 23.2 Å². The topological polar surface area (TPSA) is 68.3 Å². The molecular weight excluding hydrogens is 340 g/mol. The predicted octanol–water partition coefficient (Wildman–Crippen LogP) is 2.16. The van der Waals surface area contributed by atoms with Gasteiger partial charge in [-0.05, 0) is 25.0 Å². The van der Waals surface area contributed by atoms with Crippen molar-refractivity contribution < 1.29 is 4.79 Å². The van der Waals surface area contributed by atoms with Gasteiger partial charge in [0.1, 0.15) is 17.2 Å². The molecule has 0 radical (unpaired) electrons. The van der Waals surface area contributed by atoms with Crippen molar-refractivity contribution in [1.29, 1.82) is 0 Å². The lowest BCUT2D eigenvalue weighted by Crippen LogP contribution is -2.34. The third-order valence-corrected chi connectivity index (χ3v) is 5.04. The van der Waals surface area contributed by atoms with Crippen LogP contribution in [-0.2, 0) is 13.0 Å². The van der Waals surface area contributed by atoms with Crippen LogP contribution in [0.5, 0.6) is 0 Å². The molecular formula is C17H17ClN6O. The molecule has 0 spiro atoms. The van der Waals surface area contributed by atoms with Crippen LogP contribution in [0.2, 0.25) is 5.02 Å². The van der Waals surface area contributed by atoms with Crippen LogP contribution in [0.15, 0.2) is 24.5 Å². The van der Waals surface area contributed by atoms with E-state index in [1.165, 1.54) is 12.8 Å². The number of fused-ring (bicyclic) bond motifs is 2. The van der Waals surface area contributed by atoms with E-state index in [4.69, 9.17) is 11.6 Å². The van der Waals surface area contributed by atoms with Gasteiger partial charge in [-0.15, -0.1) is 0 Å². The van der Waals surface area contributed by atoms with Crippen molar-refractivity contribution in [2.45, 2.75) is 31.7 Å². The van der Waals surface area contributed by atoms with Crippen molar-refractivity contribution in [2.75, 3.05) is 13.1 Å². The summed E-state index contributed by atoms with van der Waals surface area (Å²) >= 11 is 6.00. The predicted molar refractivity (Wildman–Crippen MR) is 91.8 cm³/mol. The van der Waals surface area contributed by atoms with E-state index in [1.54, 1.807) is 28.9 Å². The van der Waals surface area contributed by atoms with Gasteiger partial charge in [-0.25, -0.2) is 14.6 Å². The second kappa shape index (κ2) is 5.56. The quantitative estimate of drug-likeness (QED) is 0.705. The van der Waals surface area contributed by atoms with Crippen molar-refractivity contribution in [3.05, 3.63) is 46.9 Å². The molecule has 3 aromatic heterocycles. The van der Waals surface area contributed by atoms with Gasteiger partial charge in [-0.3, -0.25) is 4.79 Å². The number of aromatic nitrogens is 5. The highest BCUT2D eigenvalue weighted by atomic mass is 35.5. The Morgan fingerprint density at radius 1 is 1.12 bits per heavy atom. The molecule has 0 aromatic carbocycles. The summed E-state index contributed by atoms with van der Waals surface area (Å²) in [6.45, 7) is 1.93. The van der Waals surface area contributed by atoms with Crippen LogP contribution >= 0.6 is 11.6 Å². The number of nitrogens with zero attached hydrogens (tertiary/aromatic N) is 6. The minimum Gasteiger partial charge on any atom is -0.335 e. The third-order valence-electron chi connectivity index (χ3n) is 4.82. The number of imidazole rings is 1. The molecule has 3 aromatic rings. The Morgan fingerprint density at radius 2 is 2.00 bits per heavy atom. The maximum absolute atomic E-state index is 12.8. The fourth-order valence-electron chi connectivity index (χ4n) is 3.27. The van der Waals surface area contributed by atoms with E-state index in [2.05, 4.69) is 15.1 Å². The molecule has 0 bridgehead atoms. The molecule has 0 atom stereocenters. The minimum atomic E-state index is -0.0620. The molecule has 0 N–H and O–H groups in total. The first-order chi connectivity index (χ1) is 12.2. The molecule has 1 amide bonds. The van der Waals surface area contributed by atoms with Crippen molar-refractivity contribution in [3.63, 3.8) is 0 Å². The van der Waals surface area contributed by atoms with Crippen LogP contribution < -0.4 is 0 Å². The SMILES string of the molecule is O=C(c1cn2cc(Cl)ccc2n1)N1CCc2nc(C3CC3)nn2CC1.